The molecule has 1 aromatic heterocycles. The van der Waals surface area contributed by atoms with Crippen LogP contribution in [0.1, 0.15) is 25.8 Å². The first-order valence-corrected chi connectivity index (χ1v) is 6.64. The van der Waals surface area contributed by atoms with E-state index in [2.05, 4.69) is 16.4 Å². The van der Waals surface area contributed by atoms with Gasteiger partial charge in [0.2, 0.25) is 5.88 Å². The number of ether oxygens (including phenoxy) is 2. The first-order chi connectivity index (χ1) is 8.75. The maximum absolute atomic E-state index is 5.69. The fraction of sp³-hybridized carbons (Fsp3) is 0.643. The van der Waals surface area contributed by atoms with Crippen molar-refractivity contribution in [3.05, 3.63) is 23.9 Å². The van der Waals surface area contributed by atoms with Crippen LogP contribution in [0.5, 0.6) is 5.88 Å². The summed E-state index contributed by atoms with van der Waals surface area (Å²) < 4.78 is 11.1. The molecule has 0 radical (unpaired) electrons. The molecule has 1 aliphatic heterocycles. The topological polar surface area (TPSA) is 43.4 Å². The monoisotopic (exact) mass is 250 g/mol. The van der Waals surface area contributed by atoms with Gasteiger partial charge in [0.25, 0.3) is 0 Å². The summed E-state index contributed by atoms with van der Waals surface area (Å²) in [5.74, 6) is 1.39. The largest absolute Gasteiger partial charge is 0.475 e. The van der Waals surface area contributed by atoms with Gasteiger partial charge in [-0.15, -0.1) is 0 Å². The molecule has 1 saturated heterocycles. The van der Waals surface area contributed by atoms with Crippen molar-refractivity contribution in [2.75, 3.05) is 19.8 Å². The minimum Gasteiger partial charge on any atom is -0.475 e. The average Bonchev–Trinajstić information content (AvgIpc) is 2.84. The van der Waals surface area contributed by atoms with E-state index in [0.29, 0.717) is 5.92 Å². The van der Waals surface area contributed by atoms with Crippen LogP contribution < -0.4 is 10.1 Å². The van der Waals surface area contributed by atoms with Crippen molar-refractivity contribution in [3.63, 3.8) is 0 Å². The van der Waals surface area contributed by atoms with Gasteiger partial charge in [-0.2, -0.15) is 0 Å². The van der Waals surface area contributed by atoms with Gasteiger partial charge in [0.1, 0.15) is 0 Å². The molecule has 1 aromatic rings. The molecule has 4 heteroatoms. The molecular formula is C14H22N2O2. The molecular weight excluding hydrogens is 228 g/mol. The number of rotatable bonds is 6. The highest BCUT2D eigenvalue weighted by Crippen LogP contribution is 2.16. The molecule has 1 unspecified atom stereocenters. The predicted molar refractivity (Wildman–Crippen MR) is 70.6 cm³/mol. The molecule has 0 spiro atoms. The second kappa shape index (κ2) is 6.71. The lowest BCUT2D eigenvalue weighted by molar-refractivity contribution is 0.185. The number of pyridine rings is 1. The second-order valence-electron chi connectivity index (χ2n) is 4.99. The van der Waals surface area contributed by atoms with Crippen molar-refractivity contribution < 1.29 is 9.47 Å². The van der Waals surface area contributed by atoms with Crippen molar-refractivity contribution >= 4 is 0 Å². The van der Waals surface area contributed by atoms with E-state index in [4.69, 9.17) is 9.47 Å². The molecule has 18 heavy (non-hydrogen) atoms. The van der Waals surface area contributed by atoms with Crippen LogP contribution in [0.15, 0.2) is 18.3 Å². The summed E-state index contributed by atoms with van der Waals surface area (Å²) in [6, 6.07) is 4.01. The zero-order valence-electron chi connectivity index (χ0n) is 11.2. The molecule has 1 aliphatic rings. The summed E-state index contributed by atoms with van der Waals surface area (Å²) in [4.78, 5) is 4.28. The van der Waals surface area contributed by atoms with E-state index in [1.807, 2.05) is 19.9 Å². The molecule has 100 valence electrons. The molecule has 1 atom stereocenters. The SMILES string of the molecule is CC(C)Oc1ncccc1CNCC1CCOC1. The number of hydrogen-bond donors (Lipinski definition) is 1. The Hall–Kier alpha value is -1.13. The molecule has 4 nitrogen and oxygen atoms in total. The minimum atomic E-state index is 0.155. The van der Waals surface area contributed by atoms with Gasteiger partial charge in [-0.05, 0) is 32.3 Å². The summed E-state index contributed by atoms with van der Waals surface area (Å²) >= 11 is 0. The molecule has 0 aromatic carbocycles. The Bertz CT molecular complexity index is 363. The van der Waals surface area contributed by atoms with Gasteiger partial charge >= 0.3 is 0 Å². The van der Waals surface area contributed by atoms with E-state index in [9.17, 15) is 0 Å². The Morgan fingerprint density at radius 3 is 3.17 bits per heavy atom. The van der Waals surface area contributed by atoms with Crippen LogP contribution >= 0.6 is 0 Å². The fourth-order valence-corrected chi connectivity index (χ4v) is 2.04. The van der Waals surface area contributed by atoms with E-state index in [-0.39, 0.29) is 6.10 Å². The molecule has 0 saturated carbocycles. The van der Waals surface area contributed by atoms with Crippen LogP contribution in [0.25, 0.3) is 0 Å². The van der Waals surface area contributed by atoms with Crippen molar-refractivity contribution in [1.82, 2.24) is 10.3 Å². The van der Waals surface area contributed by atoms with Crippen LogP contribution in [-0.4, -0.2) is 30.8 Å². The number of nitrogens with one attached hydrogen (secondary N) is 1. The third-order valence-electron chi connectivity index (χ3n) is 2.97. The Labute approximate surface area is 109 Å². The minimum absolute atomic E-state index is 0.155. The number of aromatic nitrogens is 1. The molecule has 2 heterocycles. The standard InChI is InChI=1S/C14H22N2O2/c1-11(2)18-14-13(4-3-6-16-14)9-15-8-12-5-7-17-10-12/h3-4,6,11-12,15H,5,7-10H2,1-2H3. The highest BCUT2D eigenvalue weighted by Gasteiger charge is 2.15. The van der Waals surface area contributed by atoms with Gasteiger partial charge in [0, 0.05) is 31.5 Å². The van der Waals surface area contributed by atoms with Crippen LogP contribution in [0.3, 0.4) is 0 Å². The summed E-state index contributed by atoms with van der Waals surface area (Å²) in [7, 11) is 0. The number of nitrogens with zero attached hydrogens (tertiary/aromatic N) is 1. The van der Waals surface area contributed by atoms with Gasteiger partial charge in [-0.1, -0.05) is 6.07 Å². The van der Waals surface area contributed by atoms with Crippen LogP contribution in [0.4, 0.5) is 0 Å². The lowest BCUT2D eigenvalue weighted by atomic mass is 10.1. The van der Waals surface area contributed by atoms with Gasteiger partial charge in [-0.3, -0.25) is 0 Å². The molecule has 0 aliphatic carbocycles. The summed E-state index contributed by atoms with van der Waals surface area (Å²) in [5, 5.41) is 3.46. The first-order valence-electron chi connectivity index (χ1n) is 6.64. The van der Waals surface area contributed by atoms with E-state index < -0.39 is 0 Å². The van der Waals surface area contributed by atoms with Crippen LogP contribution in [0, 0.1) is 5.92 Å². The number of hydrogen-bond acceptors (Lipinski definition) is 4. The Morgan fingerprint density at radius 2 is 2.44 bits per heavy atom. The van der Waals surface area contributed by atoms with Gasteiger partial charge in [0.05, 0.1) is 12.7 Å². The Balaban J connectivity index is 1.83. The average molecular weight is 250 g/mol. The molecule has 2 rings (SSSR count). The molecule has 0 amide bonds. The quantitative estimate of drug-likeness (QED) is 0.838. The lowest BCUT2D eigenvalue weighted by Gasteiger charge is -2.14. The molecule has 1 fully saturated rings. The maximum atomic E-state index is 5.69. The zero-order chi connectivity index (χ0) is 12.8. The smallest absolute Gasteiger partial charge is 0.218 e. The fourth-order valence-electron chi connectivity index (χ4n) is 2.04. The van der Waals surface area contributed by atoms with Gasteiger partial charge < -0.3 is 14.8 Å². The van der Waals surface area contributed by atoms with Crippen molar-refractivity contribution in [2.24, 2.45) is 5.92 Å². The summed E-state index contributed by atoms with van der Waals surface area (Å²) in [6.07, 6.45) is 3.09. The summed E-state index contributed by atoms with van der Waals surface area (Å²) in [6.45, 7) is 7.61. The Morgan fingerprint density at radius 1 is 1.56 bits per heavy atom. The van der Waals surface area contributed by atoms with Crippen molar-refractivity contribution in [3.8, 4) is 5.88 Å². The van der Waals surface area contributed by atoms with E-state index in [1.54, 1.807) is 6.20 Å². The third-order valence-corrected chi connectivity index (χ3v) is 2.97. The van der Waals surface area contributed by atoms with E-state index in [1.165, 1.54) is 0 Å². The second-order valence-corrected chi connectivity index (χ2v) is 4.99. The first kappa shape index (κ1) is 13.3. The van der Waals surface area contributed by atoms with Crippen molar-refractivity contribution in [1.29, 1.82) is 0 Å². The van der Waals surface area contributed by atoms with E-state index in [0.717, 1.165) is 44.2 Å². The maximum Gasteiger partial charge on any atom is 0.218 e. The summed E-state index contributed by atoms with van der Waals surface area (Å²) in [5.41, 5.74) is 1.12. The molecule has 0 bridgehead atoms. The van der Waals surface area contributed by atoms with Gasteiger partial charge in [0.15, 0.2) is 0 Å². The molecule has 1 N–H and O–H groups in total. The van der Waals surface area contributed by atoms with Crippen molar-refractivity contribution in [2.45, 2.75) is 32.9 Å². The van der Waals surface area contributed by atoms with Gasteiger partial charge in [-0.25, -0.2) is 4.98 Å². The third kappa shape index (κ3) is 3.96. The highest BCUT2D eigenvalue weighted by molar-refractivity contribution is 5.25. The highest BCUT2D eigenvalue weighted by atomic mass is 16.5. The van der Waals surface area contributed by atoms with Crippen LogP contribution in [-0.2, 0) is 11.3 Å². The Kier molecular flexibility index (Phi) is 4.96. The zero-order valence-corrected chi connectivity index (χ0v) is 11.2. The lowest BCUT2D eigenvalue weighted by Crippen LogP contribution is -2.23. The van der Waals surface area contributed by atoms with Crippen LogP contribution in [0.2, 0.25) is 0 Å². The normalized spacial score (nSPS) is 19.4. The van der Waals surface area contributed by atoms with E-state index >= 15 is 0 Å². The predicted octanol–water partition coefficient (Wildman–Crippen LogP) is 1.99.